The van der Waals surface area contributed by atoms with Gasteiger partial charge in [0.2, 0.25) is 0 Å². The van der Waals surface area contributed by atoms with E-state index in [4.69, 9.17) is 9.73 Å². The molecule has 0 saturated carbocycles. The number of piperidine rings is 1. The molecule has 152 valence electrons. The maximum atomic E-state index is 5.39. The summed E-state index contributed by atoms with van der Waals surface area (Å²) in [6, 6.07) is 0. The van der Waals surface area contributed by atoms with Gasteiger partial charge < -0.3 is 20.3 Å². The monoisotopic (exact) mass is 367 g/mol. The summed E-state index contributed by atoms with van der Waals surface area (Å²) in [7, 11) is 0. The number of rotatable bonds is 10. The number of unbranched alkanes of at least 4 members (excludes halogenated alkanes) is 1. The first kappa shape index (κ1) is 21.5. The average molecular weight is 368 g/mol. The van der Waals surface area contributed by atoms with Gasteiger partial charge in [0.1, 0.15) is 0 Å². The first-order valence-electron chi connectivity index (χ1n) is 10.8. The molecule has 26 heavy (non-hydrogen) atoms. The maximum absolute atomic E-state index is 5.39. The highest BCUT2D eigenvalue weighted by atomic mass is 16.5. The lowest BCUT2D eigenvalue weighted by Crippen LogP contribution is -2.39. The van der Waals surface area contributed by atoms with Crippen molar-refractivity contribution in [1.82, 2.24) is 20.4 Å². The zero-order valence-corrected chi connectivity index (χ0v) is 17.1. The summed E-state index contributed by atoms with van der Waals surface area (Å²) in [6.45, 7) is 16.2. The standard InChI is InChI=1S/C20H41N5O/c1-3-21-20(23-10-6-12-25-15-17-26-18-16-25)22-9-4-5-11-24-13-7-19(2)8-14-24/h19H,3-18H2,1-2H3,(H2,21,22,23). The number of guanidine groups is 1. The molecule has 0 spiro atoms. The molecule has 6 nitrogen and oxygen atoms in total. The lowest BCUT2D eigenvalue weighted by molar-refractivity contribution is 0.0377. The summed E-state index contributed by atoms with van der Waals surface area (Å²) in [6.07, 6.45) is 6.35. The van der Waals surface area contributed by atoms with Crippen LogP contribution in [0.25, 0.3) is 0 Å². The average Bonchev–Trinajstić information content (AvgIpc) is 2.67. The Morgan fingerprint density at radius 3 is 2.38 bits per heavy atom. The molecular weight excluding hydrogens is 326 g/mol. The van der Waals surface area contributed by atoms with Crippen LogP contribution in [0.5, 0.6) is 0 Å². The van der Waals surface area contributed by atoms with E-state index in [-0.39, 0.29) is 0 Å². The smallest absolute Gasteiger partial charge is 0.191 e. The van der Waals surface area contributed by atoms with Crippen LogP contribution in [0.1, 0.15) is 46.0 Å². The van der Waals surface area contributed by atoms with Gasteiger partial charge in [0, 0.05) is 39.3 Å². The molecular formula is C20H41N5O. The lowest BCUT2D eigenvalue weighted by atomic mass is 9.99. The van der Waals surface area contributed by atoms with Crippen LogP contribution >= 0.6 is 0 Å². The van der Waals surface area contributed by atoms with Gasteiger partial charge in [-0.05, 0) is 64.6 Å². The molecule has 2 fully saturated rings. The molecule has 0 aliphatic carbocycles. The third-order valence-corrected chi connectivity index (χ3v) is 5.42. The van der Waals surface area contributed by atoms with E-state index < -0.39 is 0 Å². The van der Waals surface area contributed by atoms with Gasteiger partial charge >= 0.3 is 0 Å². The van der Waals surface area contributed by atoms with E-state index in [1.54, 1.807) is 0 Å². The number of aliphatic imine (C=N–C) groups is 1. The second-order valence-electron chi connectivity index (χ2n) is 7.73. The minimum Gasteiger partial charge on any atom is -0.379 e. The van der Waals surface area contributed by atoms with Gasteiger partial charge in [0.15, 0.2) is 5.96 Å². The predicted molar refractivity (Wildman–Crippen MR) is 110 cm³/mol. The third kappa shape index (κ3) is 9.19. The number of ether oxygens (including phenoxy) is 1. The Morgan fingerprint density at radius 1 is 0.962 bits per heavy atom. The minimum atomic E-state index is 0.879. The Labute approximate surface area is 160 Å². The van der Waals surface area contributed by atoms with Crippen molar-refractivity contribution >= 4 is 5.96 Å². The van der Waals surface area contributed by atoms with Gasteiger partial charge in [-0.15, -0.1) is 0 Å². The molecule has 6 heteroatoms. The molecule has 2 rings (SSSR count). The van der Waals surface area contributed by atoms with E-state index >= 15 is 0 Å². The summed E-state index contributed by atoms with van der Waals surface area (Å²) in [5.41, 5.74) is 0. The molecule has 0 unspecified atom stereocenters. The highest BCUT2D eigenvalue weighted by Gasteiger charge is 2.14. The van der Waals surface area contributed by atoms with E-state index in [1.165, 1.54) is 45.3 Å². The van der Waals surface area contributed by atoms with Gasteiger partial charge in [-0.3, -0.25) is 9.89 Å². The summed E-state index contributed by atoms with van der Waals surface area (Å²) >= 11 is 0. The van der Waals surface area contributed by atoms with Crippen molar-refractivity contribution in [1.29, 1.82) is 0 Å². The molecule has 0 aromatic carbocycles. The molecule has 0 atom stereocenters. The van der Waals surface area contributed by atoms with Gasteiger partial charge in [-0.1, -0.05) is 6.92 Å². The van der Waals surface area contributed by atoms with Crippen LogP contribution in [0.15, 0.2) is 4.99 Å². The molecule has 2 N–H and O–H groups in total. The van der Waals surface area contributed by atoms with Crippen LogP contribution in [-0.2, 0) is 4.74 Å². The molecule has 0 aromatic rings. The molecule has 0 radical (unpaired) electrons. The Hall–Kier alpha value is -0.850. The van der Waals surface area contributed by atoms with E-state index in [0.29, 0.717) is 0 Å². The third-order valence-electron chi connectivity index (χ3n) is 5.42. The number of likely N-dealkylation sites (tertiary alicyclic amines) is 1. The zero-order valence-electron chi connectivity index (χ0n) is 17.1. The Bertz CT molecular complexity index is 376. The summed E-state index contributed by atoms with van der Waals surface area (Å²) in [5, 5.41) is 6.85. The first-order chi connectivity index (χ1) is 12.8. The van der Waals surface area contributed by atoms with Crippen molar-refractivity contribution in [2.24, 2.45) is 10.9 Å². The number of nitrogens with zero attached hydrogens (tertiary/aromatic N) is 3. The predicted octanol–water partition coefficient (Wildman–Crippen LogP) is 1.78. The second kappa shape index (κ2) is 13.3. The van der Waals surface area contributed by atoms with Crippen LogP contribution in [0, 0.1) is 5.92 Å². The van der Waals surface area contributed by atoms with Crippen molar-refractivity contribution in [3.05, 3.63) is 0 Å². The topological polar surface area (TPSA) is 52.1 Å². The van der Waals surface area contributed by atoms with Crippen molar-refractivity contribution in [3.63, 3.8) is 0 Å². The summed E-state index contributed by atoms with van der Waals surface area (Å²) in [4.78, 5) is 9.82. The molecule has 2 saturated heterocycles. The van der Waals surface area contributed by atoms with Crippen molar-refractivity contribution in [2.75, 3.05) is 72.1 Å². The fourth-order valence-electron chi connectivity index (χ4n) is 3.60. The van der Waals surface area contributed by atoms with E-state index in [9.17, 15) is 0 Å². The van der Waals surface area contributed by atoms with Crippen molar-refractivity contribution < 1.29 is 4.74 Å². The zero-order chi connectivity index (χ0) is 18.5. The molecule has 0 amide bonds. The van der Waals surface area contributed by atoms with Crippen LogP contribution < -0.4 is 10.6 Å². The first-order valence-corrected chi connectivity index (χ1v) is 10.8. The van der Waals surface area contributed by atoms with Crippen LogP contribution in [0.4, 0.5) is 0 Å². The molecule has 2 aliphatic heterocycles. The van der Waals surface area contributed by atoms with E-state index in [0.717, 1.165) is 70.8 Å². The Balaban J connectivity index is 1.52. The van der Waals surface area contributed by atoms with Gasteiger partial charge in [0.05, 0.1) is 13.2 Å². The van der Waals surface area contributed by atoms with Gasteiger partial charge in [-0.25, -0.2) is 0 Å². The number of nitrogens with one attached hydrogen (secondary N) is 2. The van der Waals surface area contributed by atoms with E-state index in [2.05, 4.69) is 34.3 Å². The molecule has 2 heterocycles. The van der Waals surface area contributed by atoms with Gasteiger partial charge in [-0.2, -0.15) is 0 Å². The largest absolute Gasteiger partial charge is 0.379 e. The van der Waals surface area contributed by atoms with Crippen molar-refractivity contribution in [3.8, 4) is 0 Å². The van der Waals surface area contributed by atoms with Crippen LogP contribution in [0.2, 0.25) is 0 Å². The van der Waals surface area contributed by atoms with Crippen LogP contribution in [-0.4, -0.2) is 87.9 Å². The lowest BCUT2D eigenvalue weighted by Gasteiger charge is -2.30. The van der Waals surface area contributed by atoms with Gasteiger partial charge in [0.25, 0.3) is 0 Å². The minimum absolute atomic E-state index is 0.879. The van der Waals surface area contributed by atoms with E-state index in [1.807, 2.05) is 0 Å². The molecule has 2 aliphatic rings. The fraction of sp³-hybridized carbons (Fsp3) is 0.950. The number of morpholine rings is 1. The number of hydrogen-bond donors (Lipinski definition) is 2. The quantitative estimate of drug-likeness (QED) is 0.350. The van der Waals surface area contributed by atoms with Crippen molar-refractivity contribution in [2.45, 2.75) is 46.0 Å². The van der Waals surface area contributed by atoms with Crippen LogP contribution in [0.3, 0.4) is 0 Å². The molecule has 0 aromatic heterocycles. The maximum Gasteiger partial charge on any atom is 0.191 e. The highest BCUT2D eigenvalue weighted by molar-refractivity contribution is 5.79. The Morgan fingerprint density at radius 2 is 1.65 bits per heavy atom. The SMILES string of the molecule is CCNC(=NCCCN1CCOCC1)NCCCCN1CCC(C)CC1. The molecule has 0 bridgehead atoms. The normalized spacial score (nSPS) is 21.1. The summed E-state index contributed by atoms with van der Waals surface area (Å²) < 4.78 is 5.39. The highest BCUT2D eigenvalue weighted by Crippen LogP contribution is 2.15. The fourth-order valence-corrected chi connectivity index (χ4v) is 3.60. The summed E-state index contributed by atoms with van der Waals surface area (Å²) in [5.74, 6) is 1.90. The Kier molecular flexibility index (Phi) is 11.0. The number of hydrogen-bond acceptors (Lipinski definition) is 4. The second-order valence-corrected chi connectivity index (χ2v) is 7.73.